The minimum Gasteiger partial charge on any atom is -0.313 e. The van der Waals surface area contributed by atoms with Gasteiger partial charge in [-0.15, -0.1) is 11.3 Å². The molecule has 0 aromatic carbocycles. The molecule has 4 heteroatoms. The maximum absolute atomic E-state index is 6.01. The van der Waals surface area contributed by atoms with Crippen molar-refractivity contribution in [3.8, 4) is 0 Å². The molecule has 0 spiro atoms. The zero-order valence-electron chi connectivity index (χ0n) is 10.6. The van der Waals surface area contributed by atoms with Crippen LogP contribution in [-0.2, 0) is 0 Å². The van der Waals surface area contributed by atoms with Crippen molar-refractivity contribution in [1.82, 2.24) is 10.2 Å². The zero-order chi connectivity index (χ0) is 12.3. The van der Waals surface area contributed by atoms with Gasteiger partial charge in [-0.05, 0) is 45.0 Å². The van der Waals surface area contributed by atoms with E-state index in [9.17, 15) is 0 Å². The van der Waals surface area contributed by atoms with Crippen molar-refractivity contribution in [3.05, 3.63) is 21.3 Å². The van der Waals surface area contributed by atoms with Crippen LogP contribution in [0.1, 0.15) is 37.6 Å². The molecule has 2 heterocycles. The maximum atomic E-state index is 6.01. The van der Waals surface area contributed by atoms with Crippen LogP contribution >= 0.6 is 22.9 Å². The van der Waals surface area contributed by atoms with Gasteiger partial charge in [-0.3, -0.25) is 4.90 Å². The first-order valence-corrected chi connectivity index (χ1v) is 7.62. The summed E-state index contributed by atoms with van der Waals surface area (Å²) in [6.07, 6.45) is 2.63. The summed E-state index contributed by atoms with van der Waals surface area (Å²) in [5.41, 5.74) is 0. The van der Waals surface area contributed by atoms with Crippen LogP contribution in [0.15, 0.2) is 12.1 Å². The van der Waals surface area contributed by atoms with E-state index in [4.69, 9.17) is 11.6 Å². The summed E-state index contributed by atoms with van der Waals surface area (Å²) in [5, 5.41) is 3.57. The lowest BCUT2D eigenvalue weighted by Crippen LogP contribution is -2.38. The second-order valence-electron chi connectivity index (χ2n) is 4.70. The quantitative estimate of drug-likeness (QED) is 0.882. The van der Waals surface area contributed by atoms with E-state index in [1.807, 2.05) is 6.07 Å². The Morgan fingerprint density at radius 1 is 1.59 bits per heavy atom. The van der Waals surface area contributed by atoms with E-state index in [0.717, 1.165) is 17.4 Å². The van der Waals surface area contributed by atoms with Gasteiger partial charge in [0, 0.05) is 23.5 Å². The Bertz CT molecular complexity index is 347. The van der Waals surface area contributed by atoms with E-state index in [0.29, 0.717) is 12.1 Å². The van der Waals surface area contributed by atoms with Gasteiger partial charge >= 0.3 is 0 Å². The molecular weight excluding hydrogens is 252 g/mol. The highest BCUT2D eigenvalue weighted by molar-refractivity contribution is 7.16. The largest absolute Gasteiger partial charge is 0.313 e. The number of hydrogen-bond donors (Lipinski definition) is 1. The number of nitrogens with one attached hydrogen (secondary N) is 1. The molecule has 0 saturated carbocycles. The Morgan fingerprint density at radius 2 is 2.41 bits per heavy atom. The molecule has 0 radical (unpaired) electrons. The molecule has 1 aliphatic rings. The number of halogens is 1. The van der Waals surface area contributed by atoms with Crippen LogP contribution in [0.5, 0.6) is 0 Å². The first-order chi connectivity index (χ1) is 8.20. The molecule has 96 valence electrons. The highest BCUT2D eigenvalue weighted by atomic mass is 35.5. The van der Waals surface area contributed by atoms with Crippen LogP contribution in [0.25, 0.3) is 0 Å². The third kappa shape index (κ3) is 3.44. The van der Waals surface area contributed by atoms with Crippen LogP contribution in [0.4, 0.5) is 0 Å². The average molecular weight is 273 g/mol. The molecule has 1 N–H and O–H groups in total. The number of nitrogens with zero attached hydrogens (tertiary/aromatic N) is 1. The maximum Gasteiger partial charge on any atom is 0.0931 e. The zero-order valence-corrected chi connectivity index (χ0v) is 12.2. The molecule has 1 aliphatic heterocycles. The van der Waals surface area contributed by atoms with E-state index in [1.54, 1.807) is 11.3 Å². The molecule has 2 atom stereocenters. The molecular formula is C13H21ClN2S. The summed E-state index contributed by atoms with van der Waals surface area (Å²) in [6, 6.07) is 5.30. The van der Waals surface area contributed by atoms with Crippen molar-refractivity contribution in [2.45, 2.75) is 38.8 Å². The third-order valence-electron chi connectivity index (χ3n) is 3.58. The Morgan fingerprint density at radius 3 is 2.94 bits per heavy atom. The molecule has 1 aromatic rings. The first-order valence-electron chi connectivity index (χ1n) is 6.43. The lowest BCUT2D eigenvalue weighted by molar-refractivity contribution is 0.205. The summed E-state index contributed by atoms with van der Waals surface area (Å²) < 4.78 is 0.891. The molecule has 1 aromatic heterocycles. The summed E-state index contributed by atoms with van der Waals surface area (Å²) >= 11 is 7.71. The molecule has 2 nitrogen and oxygen atoms in total. The second kappa shape index (κ2) is 6.19. The van der Waals surface area contributed by atoms with Crippen molar-refractivity contribution in [2.75, 3.05) is 19.6 Å². The van der Waals surface area contributed by atoms with Crippen LogP contribution < -0.4 is 5.32 Å². The van der Waals surface area contributed by atoms with Gasteiger partial charge in [-0.25, -0.2) is 0 Å². The molecule has 1 saturated heterocycles. The van der Waals surface area contributed by atoms with Gasteiger partial charge in [-0.1, -0.05) is 18.5 Å². The predicted octanol–water partition coefficient (Wildman–Crippen LogP) is 3.54. The van der Waals surface area contributed by atoms with Gasteiger partial charge < -0.3 is 5.32 Å². The number of likely N-dealkylation sites (N-methyl/N-ethyl adjacent to an activating group) is 1. The lowest BCUT2D eigenvalue weighted by Gasteiger charge is -2.29. The fourth-order valence-corrected chi connectivity index (χ4v) is 3.64. The van der Waals surface area contributed by atoms with Gasteiger partial charge in [0.15, 0.2) is 0 Å². The average Bonchev–Trinajstić information content (AvgIpc) is 2.96. The van der Waals surface area contributed by atoms with E-state index in [-0.39, 0.29) is 0 Å². The number of hydrogen-bond acceptors (Lipinski definition) is 3. The highest BCUT2D eigenvalue weighted by Crippen LogP contribution is 2.30. The number of rotatable bonds is 5. The fraction of sp³-hybridized carbons (Fsp3) is 0.692. The predicted molar refractivity (Wildman–Crippen MR) is 76.0 cm³/mol. The highest BCUT2D eigenvalue weighted by Gasteiger charge is 2.21. The topological polar surface area (TPSA) is 15.3 Å². The van der Waals surface area contributed by atoms with Crippen molar-refractivity contribution in [3.63, 3.8) is 0 Å². The minimum atomic E-state index is 0.472. The van der Waals surface area contributed by atoms with Crippen LogP contribution in [-0.4, -0.2) is 30.6 Å². The molecule has 17 heavy (non-hydrogen) atoms. The molecule has 2 rings (SSSR count). The van der Waals surface area contributed by atoms with Crippen molar-refractivity contribution >= 4 is 22.9 Å². The summed E-state index contributed by atoms with van der Waals surface area (Å²) in [7, 11) is 0. The van der Waals surface area contributed by atoms with Crippen LogP contribution in [0, 0.1) is 0 Å². The van der Waals surface area contributed by atoms with Gasteiger partial charge in [0.1, 0.15) is 0 Å². The summed E-state index contributed by atoms with van der Waals surface area (Å²) in [5.74, 6) is 0. The Labute approximate surface area is 113 Å². The standard InChI is InChI=1S/C13H21ClN2S/c1-3-16(9-11-5-4-8-15-11)10(2)12-6-7-13(14)17-12/h6-7,10-11,15H,3-5,8-9H2,1-2H3. The van der Waals surface area contributed by atoms with Gasteiger partial charge in [-0.2, -0.15) is 0 Å². The molecule has 2 unspecified atom stereocenters. The van der Waals surface area contributed by atoms with E-state index in [1.165, 1.54) is 24.3 Å². The normalized spacial score (nSPS) is 22.2. The van der Waals surface area contributed by atoms with Gasteiger partial charge in [0.2, 0.25) is 0 Å². The molecule has 1 fully saturated rings. The van der Waals surface area contributed by atoms with E-state index < -0.39 is 0 Å². The minimum absolute atomic E-state index is 0.472. The summed E-state index contributed by atoms with van der Waals surface area (Å²) in [6.45, 7) is 7.94. The van der Waals surface area contributed by atoms with Gasteiger partial charge in [0.05, 0.1) is 4.34 Å². The first kappa shape index (κ1) is 13.3. The smallest absolute Gasteiger partial charge is 0.0931 e. The third-order valence-corrected chi connectivity index (χ3v) is 4.98. The Hall–Kier alpha value is -0.0900. The Balaban J connectivity index is 1.96. The molecule has 0 aliphatic carbocycles. The van der Waals surface area contributed by atoms with E-state index >= 15 is 0 Å². The lowest BCUT2D eigenvalue weighted by atomic mass is 10.1. The Kier molecular flexibility index (Phi) is 4.86. The summed E-state index contributed by atoms with van der Waals surface area (Å²) in [4.78, 5) is 3.90. The fourth-order valence-electron chi connectivity index (χ4n) is 2.49. The SMILES string of the molecule is CCN(CC1CCCN1)C(C)c1ccc(Cl)s1. The van der Waals surface area contributed by atoms with Crippen molar-refractivity contribution in [2.24, 2.45) is 0 Å². The molecule has 0 bridgehead atoms. The van der Waals surface area contributed by atoms with Gasteiger partial charge in [0.25, 0.3) is 0 Å². The van der Waals surface area contributed by atoms with Crippen LogP contribution in [0.2, 0.25) is 4.34 Å². The van der Waals surface area contributed by atoms with E-state index in [2.05, 4.69) is 30.1 Å². The van der Waals surface area contributed by atoms with Crippen LogP contribution in [0.3, 0.4) is 0 Å². The second-order valence-corrected chi connectivity index (χ2v) is 6.45. The molecule has 0 amide bonds. The number of thiophene rings is 1. The van der Waals surface area contributed by atoms with Crippen molar-refractivity contribution < 1.29 is 0 Å². The monoisotopic (exact) mass is 272 g/mol. The van der Waals surface area contributed by atoms with Crippen molar-refractivity contribution in [1.29, 1.82) is 0 Å².